The van der Waals surface area contributed by atoms with Crippen molar-refractivity contribution in [2.75, 3.05) is 26.8 Å². The summed E-state index contributed by atoms with van der Waals surface area (Å²) in [4.78, 5) is 0. The van der Waals surface area contributed by atoms with Crippen LogP contribution in [-0.2, 0) is 4.74 Å². The Balaban J connectivity index is 1.88. The van der Waals surface area contributed by atoms with Gasteiger partial charge in [0.15, 0.2) is 10.8 Å². The molecule has 98 valence electrons. The topological polar surface area (TPSA) is 51.5 Å². The molecule has 0 saturated heterocycles. The lowest BCUT2D eigenvalue weighted by molar-refractivity contribution is 0.199. The average Bonchev–Trinajstić information content (AvgIpc) is 2.78. The summed E-state index contributed by atoms with van der Waals surface area (Å²) in [5, 5.41) is 13.1. The number of pyridine rings is 1. The van der Waals surface area contributed by atoms with Crippen molar-refractivity contribution < 1.29 is 4.74 Å². The summed E-state index contributed by atoms with van der Waals surface area (Å²) in [6.45, 7) is 4.72. The van der Waals surface area contributed by atoms with Crippen LogP contribution in [0.2, 0.25) is 0 Å². The van der Waals surface area contributed by atoms with Gasteiger partial charge in [-0.2, -0.15) is 0 Å². The van der Waals surface area contributed by atoms with Gasteiger partial charge in [0, 0.05) is 31.6 Å². The molecule has 5 nitrogen and oxygen atoms in total. The molecule has 0 amide bonds. The highest BCUT2D eigenvalue weighted by atomic mass is 32.2. The first-order chi connectivity index (χ1) is 8.81. The van der Waals surface area contributed by atoms with E-state index in [1.54, 1.807) is 18.9 Å². The zero-order valence-electron chi connectivity index (χ0n) is 10.7. The van der Waals surface area contributed by atoms with Gasteiger partial charge in [-0.15, -0.1) is 10.2 Å². The molecule has 1 N–H and O–H groups in total. The minimum atomic E-state index is 0.439. The molecule has 18 heavy (non-hydrogen) atoms. The van der Waals surface area contributed by atoms with E-state index in [1.807, 2.05) is 28.8 Å². The molecule has 0 aliphatic rings. The van der Waals surface area contributed by atoms with E-state index in [2.05, 4.69) is 22.4 Å². The highest BCUT2D eigenvalue weighted by Gasteiger charge is 2.10. The Morgan fingerprint density at radius 3 is 3.17 bits per heavy atom. The molecule has 0 saturated carbocycles. The Bertz CT molecular complexity index is 488. The summed E-state index contributed by atoms with van der Waals surface area (Å²) in [5.74, 6) is 0. The fourth-order valence-corrected chi connectivity index (χ4v) is 2.52. The van der Waals surface area contributed by atoms with Crippen molar-refractivity contribution in [1.82, 2.24) is 19.9 Å². The van der Waals surface area contributed by atoms with Crippen LogP contribution in [-0.4, -0.2) is 46.7 Å². The second-order valence-electron chi connectivity index (χ2n) is 4.04. The van der Waals surface area contributed by atoms with E-state index in [1.165, 1.54) is 0 Å². The zero-order chi connectivity index (χ0) is 12.8. The predicted molar refractivity (Wildman–Crippen MR) is 73.1 cm³/mol. The molecular formula is C12H18N4OS. The van der Waals surface area contributed by atoms with Crippen molar-refractivity contribution in [2.24, 2.45) is 0 Å². The van der Waals surface area contributed by atoms with Gasteiger partial charge in [0.25, 0.3) is 0 Å². The lowest BCUT2D eigenvalue weighted by Gasteiger charge is -2.10. The van der Waals surface area contributed by atoms with Crippen LogP contribution < -0.4 is 5.32 Å². The number of aromatic nitrogens is 3. The quantitative estimate of drug-likeness (QED) is 0.607. The highest BCUT2D eigenvalue weighted by molar-refractivity contribution is 7.99. The number of fused-ring (bicyclic) bond motifs is 1. The second-order valence-corrected chi connectivity index (χ2v) is 5.44. The van der Waals surface area contributed by atoms with Crippen LogP contribution in [0.1, 0.15) is 6.92 Å². The molecule has 0 spiro atoms. The van der Waals surface area contributed by atoms with Gasteiger partial charge >= 0.3 is 0 Å². The number of methoxy groups -OCH3 is 1. The van der Waals surface area contributed by atoms with E-state index >= 15 is 0 Å². The molecule has 0 bridgehead atoms. The van der Waals surface area contributed by atoms with Gasteiger partial charge in [-0.25, -0.2) is 0 Å². The summed E-state index contributed by atoms with van der Waals surface area (Å²) < 4.78 is 7.00. The third-order valence-corrected chi connectivity index (χ3v) is 3.56. The molecule has 6 heteroatoms. The van der Waals surface area contributed by atoms with Crippen LogP contribution in [0, 0.1) is 0 Å². The summed E-state index contributed by atoms with van der Waals surface area (Å²) in [5.41, 5.74) is 0.888. The van der Waals surface area contributed by atoms with Gasteiger partial charge in [0.1, 0.15) is 0 Å². The van der Waals surface area contributed by atoms with E-state index in [0.717, 1.165) is 30.5 Å². The van der Waals surface area contributed by atoms with Gasteiger partial charge in [-0.1, -0.05) is 24.8 Å². The van der Waals surface area contributed by atoms with Crippen molar-refractivity contribution in [1.29, 1.82) is 0 Å². The lowest BCUT2D eigenvalue weighted by Crippen LogP contribution is -2.26. The van der Waals surface area contributed by atoms with Crippen LogP contribution in [0.15, 0.2) is 29.6 Å². The van der Waals surface area contributed by atoms with E-state index in [0.29, 0.717) is 5.25 Å². The minimum Gasteiger partial charge on any atom is -0.383 e. The first kappa shape index (κ1) is 13.3. The molecule has 2 aromatic rings. The van der Waals surface area contributed by atoms with Gasteiger partial charge in [-0.3, -0.25) is 4.40 Å². The van der Waals surface area contributed by atoms with Crippen LogP contribution >= 0.6 is 11.8 Å². The summed E-state index contributed by atoms with van der Waals surface area (Å²) in [7, 11) is 1.71. The van der Waals surface area contributed by atoms with Crippen molar-refractivity contribution in [2.45, 2.75) is 17.3 Å². The van der Waals surface area contributed by atoms with Crippen LogP contribution in [0.5, 0.6) is 0 Å². The Hall–Kier alpha value is -1.11. The van der Waals surface area contributed by atoms with Crippen molar-refractivity contribution in [3.8, 4) is 0 Å². The molecule has 2 rings (SSSR count). The third kappa shape index (κ3) is 3.44. The number of hydrogen-bond acceptors (Lipinski definition) is 5. The number of ether oxygens (including phenoxy) is 1. The van der Waals surface area contributed by atoms with Crippen molar-refractivity contribution in [3.63, 3.8) is 0 Å². The van der Waals surface area contributed by atoms with Gasteiger partial charge < -0.3 is 10.1 Å². The minimum absolute atomic E-state index is 0.439. The first-order valence-electron chi connectivity index (χ1n) is 5.97. The maximum atomic E-state index is 4.99. The Kier molecular flexibility index (Phi) is 4.98. The SMILES string of the molecule is COCCNCC(C)Sc1nnc2ccccn12. The van der Waals surface area contributed by atoms with Crippen LogP contribution in [0.3, 0.4) is 0 Å². The number of hydrogen-bond donors (Lipinski definition) is 1. The fraction of sp³-hybridized carbons (Fsp3) is 0.500. The summed E-state index contributed by atoms with van der Waals surface area (Å²) in [6, 6.07) is 5.91. The van der Waals surface area contributed by atoms with Crippen molar-refractivity contribution in [3.05, 3.63) is 24.4 Å². The molecule has 1 atom stereocenters. The highest BCUT2D eigenvalue weighted by Crippen LogP contribution is 2.21. The predicted octanol–water partition coefficient (Wildman–Crippen LogP) is 1.45. The molecule has 2 heterocycles. The molecule has 0 fully saturated rings. The standard InChI is InChI=1S/C12H18N4OS/c1-10(9-13-6-8-17-2)18-12-15-14-11-5-3-4-7-16(11)12/h3-5,7,10,13H,6,8-9H2,1-2H3. The Morgan fingerprint density at radius 2 is 2.33 bits per heavy atom. The normalized spacial score (nSPS) is 13.0. The van der Waals surface area contributed by atoms with Gasteiger partial charge in [0.2, 0.25) is 0 Å². The van der Waals surface area contributed by atoms with E-state index < -0.39 is 0 Å². The first-order valence-corrected chi connectivity index (χ1v) is 6.85. The molecular weight excluding hydrogens is 248 g/mol. The van der Waals surface area contributed by atoms with E-state index in [9.17, 15) is 0 Å². The number of rotatable bonds is 7. The third-order valence-electron chi connectivity index (χ3n) is 2.50. The number of nitrogens with zero attached hydrogens (tertiary/aromatic N) is 3. The fourth-order valence-electron chi connectivity index (χ4n) is 1.60. The van der Waals surface area contributed by atoms with Gasteiger partial charge in [0.05, 0.1) is 6.61 Å². The lowest BCUT2D eigenvalue weighted by atomic mass is 10.4. The largest absolute Gasteiger partial charge is 0.383 e. The molecule has 0 aliphatic carbocycles. The molecule has 0 aliphatic heterocycles. The summed E-state index contributed by atoms with van der Waals surface area (Å²) in [6.07, 6.45) is 1.99. The van der Waals surface area contributed by atoms with Crippen LogP contribution in [0.25, 0.3) is 5.65 Å². The number of thioether (sulfide) groups is 1. The number of nitrogens with one attached hydrogen (secondary N) is 1. The maximum absolute atomic E-state index is 4.99. The molecule has 1 unspecified atom stereocenters. The van der Waals surface area contributed by atoms with E-state index in [4.69, 9.17) is 4.74 Å². The zero-order valence-corrected chi connectivity index (χ0v) is 11.5. The summed E-state index contributed by atoms with van der Waals surface area (Å²) >= 11 is 1.72. The smallest absolute Gasteiger partial charge is 0.195 e. The molecule has 2 aromatic heterocycles. The average molecular weight is 266 g/mol. The molecule has 0 radical (unpaired) electrons. The van der Waals surface area contributed by atoms with Crippen LogP contribution in [0.4, 0.5) is 0 Å². The van der Waals surface area contributed by atoms with Gasteiger partial charge in [-0.05, 0) is 12.1 Å². The molecule has 0 aromatic carbocycles. The Labute approximate surface area is 111 Å². The van der Waals surface area contributed by atoms with Crippen molar-refractivity contribution >= 4 is 17.4 Å². The maximum Gasteiger partial charge on any atom is 0.195 e. The monoisotopic (exact) mass is 266 g/mol. The second kappa shape index (κ2) is 6.72. The van der Waals surface area contributed by atoms with E-state index in [-0.39, 0.29) is 0 Å². The Morgan fingerprint density at radius 1 is 1.44 bits per heavy atom.